The zero-order valence-corrected chi connectivity index (χ0v) is 23.5. The third-order valence-corrected chi connectivity index (χ3v) is 9.37. The predicted octanol–water partition coefficient (Wildman–Crippen LogP) is -1.73. The maximum Gasteiger partial charge on any atom is 0.481 e. The van der Waals surface area contributed by atoms with Crippen LogP contribution in [0.2, 0.25) is 0 Å². The summed E-state index contributed by atoms with van der Waals surface area (Å²) in [6.07, 6.45) is 0.508. The number of nitrogens with zero attached hydrogens (tertiary/aromatic N) is 5. The summed E-state index contributed by atoms with van der Waals surface area (Å²) in [6, 6.07) is 2.69. The van der Waals surface area contributed by atoms with E-state index in [1.165, 1.54) is 17.2 Å². The van der Waals surface area contributed by atoms with E-state index < -0.39 is 58.7 Å². The summed E-state index contributed by atoms with van der Waals surface area (Å²) in [4.78, 5) is 43.4. The van der Waals surface area contributed by atoms with Gasteiger partial charge in [0.05, 0.1) is 26.1 Å². The van der Waals surface area contributed by atoms with E-state index in [1.54, 1.807) is 29.1 Å². The van der Waals surface area contributed by atoms with Crippen LogP contribution in [0.1, 0.15) is 29.0 Å². The summed E-state index contributed by atoms with van der Waals surface area (Å²) in [6.45, 7) is -0.712. The highest BCUT2D eigenvalue weighted by Crippen LogP contribution is 2.60. The second-order valence-electron chi connectivity index (χ2n) is 9.64. The van der Waals surface area contributed by atoms with Crippen LogP contribution in [0.15, 0.2) is 37.2 Å². The van der Waals surface area contributed by atoms with E-state index in [0.29, 0.717) is 18.5 Å². The first-order chi connectivity index (χ1) is 19.8. The van der Waals surface area contributed by atoms with Crippen molar-refractivity contribution in [1.82, 2.24) is 24.8 Å². The Morgan fingerprint density at radius 1 is 1.17 bits per heavy atom. The van der Waals surface area contributed by atoms with Gasteiger partial charge >= 0.3 is 15.6 Å². The van der Waals surface area contributed by atoms with Crippen molar-refractivity contribution in [2.45, 2.75) is 43.0 Å². The van der Waals surface area contributed by atoms with E-state index in [9.17, 15) is 33.9 Å². The number of carbonyl (C=O) groups is 1. The molecule has 42 heavy (non-hydrogen) atoms. The Morgan fingerprint density at radius 3 is 2.64 bits per heavy atom. The quantitative estimate of drug-likeness (QED) is 0.0914. The molecule has 2 aliphatic heterocycles. The number of nitrogen functional groups attached to an aromatic ring is 1. The molecule has 0 bridgehead atoms. The number of rotatable bonds is 11. The molecule has 0 aliphatic carbocycles. The SMILES string of the molecule is NC(=O)c1ccc[n+](C2CN[C@H](COP(=O)(O)OP(=O)(O)OC[C@H]3O[C@@H](n4cnc5c(N)ncnc54)[C@H](O)[C@@H]3O)C2)c1. The fourth-order valence-electron chi connectivity index (χ4n) is 4.70. The maximum atomic E-state index is 12.4. The molecule has 0 saturated carbocycles. The molecule has 0 radical (unpaired) electrons. The number of aliphatic hydroxyl groups excluding tert-OH is 2. The second kappa shape index (κ2) is 12.0. The Kier molecular flexibility index (Phi) is 8.71. The van der Waals surface area contributed by atoms with E-state index >= 15 is 0 Å². The highest BCUT2D eigenvalue weighted by Gasteiger charge is 2.46. The number of nitrogens with two attached hydrogens (primary N) is 2. The van der Waals surface area contributed by atoms with Crippen molar-refractivity contribution >= 4 is 38.5 Å². The van der Waals surface area contributed by atoms with Gasteiger partial charge in [0.2, 0.25) is 0 Å². The van der Waals surface area contributed by atoms with Crippen LogP contribution in [-0.2, 0) is 27.2 Å². The standard InChI is InChI=1S/C21H28N8O11P2/c22-18-15-20(26-9-25-18)29(10-27-15)21-17(31)16(30)14(39-21)8-38-42(35,36)40-41(33,34)37-7-12-4-13(5-24-12)28-3-1-2-11(6-28)19(23)32/h1-3,6,9-10,12-14,16-17,21,24,30-31H,4-5,7-8H2,(H5-,22,23,25,26,32,33,34,35,36)/p+1/t12-,13?,14+,16+,17+,21+/m0/s1. The maximum absolute atomic E-state index is 12.4. The lowest BCUT2D eigenvalue weighted by atomic mass is 10.1. The number of phosphoric acid groups is 2. The molecule has 1 amide bonds. The van der Waals surface area contributed by atoms with E-state index in [0.717, 1.165) is 0 Å². The van der Waals surface area contributed by atoms with Crippen molar-refractivity contribution < 1.29 is 56.6 Å². The molecule has 19 nitrogen and oxygen atoms in total. The van der Waals surface area contributed by atoms with Crippen LogP contribution in [0.4, 0.5) is 5.82 Å². The van der Waals surface area contributed by atoms with Gasteiger partial charge in [0.25, 0.3) is 5.91 Å². The van der Waals surface area contributed by atoms with Gasteiger partial charge in [-0.25, -0.2) is 28.6 Å². The third kappa shape index (κ3) is 6.66. The molecule has 2 fully saturated rings. The number of fused-ring (bicyclic) bond motifs is 1. The van der Waals surface area contributed by atoms with Crippen molar-refractivity contribution in [2.24, 2.45) is 5.73 Å². The molecule has 21 heteroatoms. The van der Waals surface area contributed by atoms with Crippen molar-refractivity contribution in [1.29, 1.82) is 0 Å². The van der Waals surface area contributed by atoms with Gasteiger partial charge in [0.15, 0.2) is 36.1 Å². The first-order valence-electron chi connectivity index (χ1n) is 12.5. The Morgan fingerprint density at radius 2 is 1.90 bits per heavy atom. The molecule has 5 heterocycles. The van der Waals surface area contributed by atoms with Gasteiger partial charge in [-0.1, -0.05) is 0 Å². The van der Waals surface area contributed by atoms with Crippen LogP contribution in [0.25, 0.3) is 11.2 Å². The molecule has 0 aromatic carbocycles. The van der Waals surface area contributed by atoms with Gasteiger partial charge < -0.3 is 41.5 Å². The molecule has 228 valence electrons. The van der Waals surface area contributed by atoms with Crippen LogP contribution >= 0.6 is 15.6 Å². The fourth-order valence-corrected chi connectivity index (χ4v) is 6.82. The van der Waals surface area contributed by atoms with E-state index in [1.807, 2.05) is 0 Å². The molecule has 2 aliphatic rings. The van der Waals surface area contributed by atoms with Crippen LogP contribution in [0.3, 0.4) is 0 Å². The Hall–Kier alpha value is -2.93. The molecule has 3 aromatic heterocycles. The van der Waals surface area contributed by atoms with Crippen molar-refractivity contribution in [2.75, 3.05) is 25.5 Å². The third-order valence-electron chi connectivity index (χ3n) is 6.77. The Balaban J connectivity index is 1.12. The summed E-state index contributed by atoms with van der Waals surface area (Å²) >= 11 is 0. The summed E-state index contributed by atoms with van der Waals surface area (Å²) in [5, 5.41) is 24.0. The summed E-state index contributed by atoms with van der Waals surface area (Å²) in [7, 11) is -10.3. The minimum absolute atomic E-state index is 0.0816. The number of nitrogens with one attached hydrogen (secondary N) is 1. The van der Waals surface area contributed by atoms with Gasteiger partial charge in [-0.05, 0) is 6.07 Å². The zero-order valence-electron chi connectivity index (χ0n) is 21.7. The van der Waals surface area contributed by atoms with Gasteiger partial charge in [0, 0.05) is 18.5 Å². The average molecular weight is 631 g/mol. The van der Waals surface area contributed by atoms with Crippen molar-refractivity contribution in [3.05, 3.63) is 42.7 Å². The number of imidazole rings is 1. The molecule has 5 rings (SSSR count). The minimum atomic E-state index is -5.21. The molecule has 8 atom stereocenters. The first kappa shape index (κ1) is 30.5. The van der Waals surface area contributed by atoms with Gasteiger partial charge in [0.1, 0.15) is 35.7 Å². The van der Waals surface area contributed by atoms with Gasteiger partial charge in [-0.2, -0.15) is 4.31 Å². The largest absolute Gasteiger partial charge is 0.481 e. The number of aliphatic hydroxyl groups is 2. The van der Waals surface area contributed by atoms with Gasteiger partial charge in [-0.15, -0.1) is 0 Å². The van der Waals surface area contributed by atoms with Crippen LogP contribution in [0, 0.1) is 0 Å². The molecule has 2 saturated heterocycles. The first-order valence-corrected chi connectivity index (χ1v) is 15.5. The highest BCUT2D eigenvalue weighted by molar-refractivity contribution is 7.61. The molecular formula is C21H29N8O11P2+. The Bertz CT molecular complexity index is 1560. The number of carbonyl (C=O) groups excluding carboxylic acids is 1. The number of hydrogen-bond donors (Lipinski definition) is 7. The van der Waals surface area contributed by atoms with E-state index in [-0.39, 0.29) is 29.6 Å². The Labute approximate surface area is 237 Å². The summed E-state index contributed by atoms with van der Waals surface area (Å²) < 4.78 is 47.5. The number of phosphoric ester groups is 2. The summed E-state index contributed by atoms with van der Waals surface area (Å²) in [5.74, 6) is -0.500. The minimum Gasteiger partial charge on any atom is -0.387 e. The van der Waals surface area contributed by atoms with Crippen LogP contribution in [-0.4, -0.2) is 89.5 Å². The van der Waals surface area contributed by atoms with Crippen molar-refractivity contribution in [3.63, 3.8) is 0 Å². The average Bonchev–Trinajstić information content (AvgIpc) is 3.65. The number of primary amides is 1. The van der Waals surface area contributed by atoms with Crippen LogP contribution in [0.5, 0.6) is 0 Å². The predicted molar refractivity (Wildman–Crippen MR) is 139 cm³/mol. The lowest BCUT2D eigenvalue weighted by molar-refractivity contribution is -0.719. The van der Waals surface area contributed by atoms with E-state index in [4.69, 9.17) is 25.3 Å². The van der Waals surface area contributed by atoms with Crippen molar-refractivity contribution in [3.8, 4) is 0 Å². The number of hydrogen-bond acceptors (Lipinski definition) is 14. The topological polar surface area (TPSA) is 281 Å². The lowest BCUT2D eigenvalue weighted by Gasteiger charge is -2.20. The van der Waals surface area contributed by atoms with E-state index in [2.05, 4.69) is 24.6 Å². The monoisotopic (exact) mass is 631 g/mol. The second-order valence-corrected chi connectivity index (χ2v) is 12.7. The number of pyridine rings is 1. The zero-order chi connectivity index (χ0) is 30.2. The van der Waals surface area contributed by atoms with Gasteiger partial charge in [-0.3, -0.25) is 18.4 Å². The molecule has 3 aromatic rings. The molecule has 0 spiro atoms. The molecule has 9 N–H and O–H groups in total. The normalized spacial score (nSPS) is 29.0. The highest BCUT2D eigenvalue weighted by atomic mass is 31.3. The summed E-state index contributed by atoms with van der Waals surface area (Å²) in [5.41, 5.74) is 11.8. The number of amides is 1. The lowest BCUT2D eigenvalue weighted by Crippen LogP contribution is -2.41. The molecular weight excluding hydrogens is 602 g/mol. The fraction of sp³-hybridized carbons (Fsp3) is 0.476. The number of aromatic nitrogens is 5. The smallest absolute Gasteiger partial charge is 0.387 e. The number of ether oxygens (including phenoxy) is 1. The number of anilines is 1. The van der Waals surface area contributed by atoms with Crippen LogP contribution < -0.4 is 21.4 Å². The molecule has 3 unspecified atom stereocenters.